The standard InChI is InChI=1S/C21H24N2O4/c1-3-26-21(25)18-8-5-9-20(11-18)27-15-19(24)14-23(2)13-17-7-4-6-16(10-17)12-22/h4-11,19,24H,3,13-15H2,1-2H3. The summed E-state index contributed by atoms with van der Waals surface area (Å²) in [5.74, 6) is 0.104. The second-order valence-corrected chi connectivity index (χ2v) is 6.22. The van der Waals surface area contributed by atoms with Crippen molar-refractivity contribution in [3.63, 3.8) is 0 Å². The molecule has 0 saturated heterocycles. The van der Waals surface area contributed by atoms with E-state index < -0.39 is 12.1 Å². The monoisotopic (exact) mass is 368 g/mol. The van der Waals surface area contributed by atoms with Gasteiger partial charge in [0.2, 0.25) is 0 Å². The van der Waals surface area contributed by atoms with Crippen LogP contribution in [0.4, 0.5) is 0 Å². The average Bonchev–Trinajstić information content (AvgIpc) is 2.67. The van der Waals surface area contributed by atoms with Gasteiger partial charge in [0.25, 0.3) is 0 Å². The average molecular weight is 368 g/mol. The molecule has 0 heterocycles. The van der Waals surface area contributed by atoms with E-state index in [1.165, 1.54) is 0 Å². The third kappa shape index (κ3) is 6.74. The predicted molar refractivity (Wildman–Crippen MR) is 101 cm³/mol. The summed E-state index contributed by atoms with van der Waals surface area (Å²) in [6.45, 7) is 3.20. The van der Waals surface area contributed by atoms with Crippen molar-refractivity contribution in [1.29, 1.82) is 5.26 Å². The molecule has 6 nitrogen and oxygen atoms in total. The van der Waals surface area contributed by atoms with Gasteiger partial charge in [0.1, 0.15) is 18.5 Å². The van der Waals surface area contributed by atoms with Crippen molar-refractivity contribution in [2.75, 3.05) is 26.8 Å². The Balaban J connectivity index is 1.83. The van der Waals surface area contributed by atoms with Gasteiger partial charge < -0.3 is 14.6 Å². The van der Waals surface area contributed by atoms with Crippen LogP contribution >= 0.6 is 0 Å². The molecule has 0 bridgehead atoms. The van der Waals surface area contributed by atoms with Crippen molar-refractivity contribution in [1.82, 2.24) is 4.90 Å². The van der Waals surface area contributed by atoms with Gasteiger partial charge in [-0.25, -0.2) is 4.79 Å². The molecule has 0 spiro atoms. The van der Waals surface area contributed by atoms with E-state index in [-0.39, 0.29) is 6.61 Å². The molecular weight excluding hydrogens is 344 g/mol. The Morgan fingerprint density at radius 1 is 1.26 bits per heavy atom. The summed E-state index contributed by atoms with van der Waals surface area (Å²) >= 11 is 0. The lowest BCUT2D eigenvalue weighted by atomic mass is 10.1. The topological polar surface area (TPSA) is 82.8 Å². The van der Waals surface area contributed by atoms with Crippen LogP contribution in [-0.2, 0) is 11.3 Å². The molecule has 0 saturated carbocycles. The van der Waals surface area contributed by atoms with E-state index in [2.05, 4.69) is 6.07 Å². The van der Waals surface area contributed by atoms with Crippen LogP contribution in [0.15, 0.2) is 48.5 Å². The number of likely N-dealkylation sites (N-methyl/N-ethyl adjacent to an activating group) is 1. The van der Waals surface area contributed by atoms with E-state index in [1.807, 2.05) is 30.1 Å². The van der Waals surface area contributed by atoms with Gasteiger partial charge in [-0.05, 0) is 49.9 Å². The van der Waals surface area contributed by atoms with Crippen LogP contribution in [0.3, 0.4) is 0 Å². The molecule has 0 aromatic heterocycles. The summed E-state index contributed by atoms with van der Waals surface area (Å²) in [7, 11) is 1.89. The highest BCUT2D eigenvalue weighted by molar-refractivity contribution is 5.89. The quantitative estimate of drug-likeness (QED) is 0.685. The van der Waals surface area contributed by atoms with Gasteiger partial charge in [-0.15, -0.1) is 0 Å². The molecule has 1 unspecified atom stereocenters. The number of carbonyl (C=O) groups excluding carboxylic acids is 1. The van der Waals surface area contributed by atoms with Gasteiger partial charge in [-0.1, -0.05) is 18.2 Å². The minimum Gasteiger partial charge on any atom is -0.491 e. The second kappa shape index (κ2) is 10.3. The number of hydrogen-bond donors (Lipinski definition) is 1. The lowest BCUT2D eigenvalue weighted by Crippen LogP contribution is -2.32. The summed E-state index contributed by atoms with van der Waals surface area (Å²) in [6, 6.07) is 16.2. The van der Waals surface area contributed by atoms with Crippen LogP contribution in [0.25, 0.3) is 0 Å². The lowest BCUT2D eigenvalue weighted by molar-refractivity contribution is 0.0525. The highest BCUT2D eigenvalue weighted by Crippen LogP contribution is 2.15. The van der Waals surface area contributed by atoms with Crippen LogP contribution < -0.4 is 4.74 Å². The van der Waals surface area contributed by atoms with Gasteiger partial charge in [0, 0.05) is 13.1 Å². The number of aliphatic hydroxyl groups is 1. The fourth-order valence-electron chi connectivity index (χ4n) is 2.65. The summed E-state index contributed by atoms with van der Waals surface area (Å²) in [6.07, 6.45) is -0.694. The summed E-state index contributed by atoms with van der Waals surface area (Å²) in [4.78, 5) is 13.7. The predicted octanol–water partition coefficient (Wildman–Crippen LogP) is 2.61. The lowest BCUT2D eigenvalue weighted by Gasteiger charge is -2.21. The third-order valence-corrected chi connectivity index (χ3v) is 3.82. The molecule has 6 heteroatoms. The summed E-state index contributed by atoms with van der Waals surface area (Å²) < 4.78 is 10.6. The maximum Gasteiger partial charge on any atom is 0.338 e. The number of esters is 1. The van der Waals surface area contributed by atoms with Crippen molar-refractivity contribution >= 4 is 5.97 Å². The van der Waals surface area contributed by atoms with Gasteiger partial charge in [-0.3, -0.25) is 4.90 Å². The van der Waals surface area contributed by atoms with Crippen LogP contribution in [0.1, 0.15) is 28.4 Å². The summed E-state index contributed by atoms with van der Waals surface area (Å²) in [5.41, 5.74) is 2.04. The Bertz CT molecular complexity index is 801. The number of ether oxygens (including phenoxy) is 2. The first kappa shape index (κ1) is 20.4. The van der Waals surface area contributed by atoms with Gasteiger partial charge in [0.15, 0.2) is 0 Å². The van der Waals surface area contributed by atoms with E-state index in [9.17, 15) is 9.90 Å². The zero-order valence-corrected chi connectivity index (χ0v) is 15.6. The zero-order valence-electron chi connectivity index (χ0n) is 15.6. The maximum atomic E-state index is 11.7. The first-order valence-electron chi connectivity index (χ1n) is 8.77. The first-order valence-corrected chi connectivity index (χ1v) is 8.77. The minimum absolute atomic E-state index is 0.106. The minimum atomic E-state index is -0.694. The smallest absolute Gasteiger partial charge is 0.338 e. The number of hydrogen-bond acceptors (Lipinski definition) is 6. The highest BCUT2D eigenvalue weighted by Gasteiger charge is 2.12. The Morgan fingerprint density at radius 2 is 2.04 bits per heavy atom. The molecular formula is C21H24N2O4. The van der Waals surface area contributed by atoms with E-state index in [4.69, 9.17) is 14.7 Å². The van der Waals surface area contributed by atoms with Gasteiger partial charge in [0.05, 0.1) is 23.8 Å². The van der Waals surface area contributed by atoms with E-state index >= 15 is 0 Å². The SMILES string of the molecule is CCOC(=O)c1cccc(OCC(O)CN(C)Cc2cccc(C#N)c2)c1. The van der Waals surface area contributed by atoms with Crippen molar-refractivity contribution < 1.29 is 19.4 Å². The van der Waals surface area contributed by atoms with Crippen molar-refractivity contribution in [2.45, 2.75) is 19.6 Å². The number of nitriles is 1. The molecule has 0 radical (unpaired) electrons. The highest BCUT2D eigenvalue weighted by atomic mass is 16.5. The van der Waals surface area contributed by atoms with E-state index in [0.717, 1.165) is 5.56 Å². The molecule has 27 heavy (non-hydrogen) atoms. The molecule has 0 amide bonds. The molecule has 0 aliphatic carbocycles. The van der Waals surface area contributed by atoms with Crippen LogP contribution in [0.2, 0.25) is 0 Å². The molecule has 2 rings (SSSR count). The molecule has 2 aromatic rings. The fraction of sp³-hybridized carbons (Fsp3) is 0.333. The van der Waals surface area contributed by atoms with Crippen molar-refractivity contribution in [3.05, 3.63) is 65.2 Å². The molecule has 0 aliphatic heterocycles. The Labute approximate surface area is 159 Å². The molecule has 2 aromatic carbocycles. The normalized spacial score (nSPS) is 11.7. The number of nitrogens with zero attached hydrogens (tertiary/aromatic N) is 2. The van der Waals surface area contributed by atoms with Gasteiger partial charge >= 0.3 is 5.97 Å². The fourth-order valence-corrected chi connectivity index (χ4v) is 2.65. The molecule has 1 atom stereocenters. The Hall–Kier alpha value is -2.88. The maximum absolute atomic E-state index is 11.7. The molecule has 0 aliphatic rings. The second-order valence-electron chi connectivity index (χ2n) is 6.22. The molecule has 1 N–H and O–H groups in total. The van der Waals surface area contributed by atoms with Crippen LogP contribution in [0.5, 0.6) is 5.75 Å². The largest absolute Gasteiger partial charge is 0.491 e. The Morgan fingerprint density at radius 3 is 2.78 bits per heavy atom. The molecule has 142 valence electrons. The number of rotatable bonds is 9. The van der Waals surface area contributed by atoms with Crippen LogP contribution in [-0.4, -0.2) is 48.9 Å². The zero-order chi connectivity index (χ0) is 19.6. The van der Waals surface area contributed by atoms with Gasteiger partial charge in [-0.2, -0.15) is 5.26 Å². The van der Waals surface area contributed by atoms with Crippen molar-refractivity contribution in [2.24, 2.45) is 0 Å². The number of aliphatic hydroxyl groups excluding tert-OH is 1. The van der Waals surface area contributed by atoms with Crippen molar-refractivity contribution in [3.8, 4) is 11.8 Å². The first-order chi connectivity index (χ1) is 13.0. The number of benzene rings is 2. The van der Waals surface area contributed by atoms with Crippen LogP contribution in [0, 0.1) is 11.3 Å². The Kier molecular flexibility index (Phi) is 7.80. The van der Waals surface area contributed by atoms with E-state index in [0.29, 0.717) is 36.6 Å². The number of carbonyl (C=O) groups is 1. The third-order valence-electron chi connectivity index (χ3n) is 3.82. The van der Waals surface area contributed by atoms with E-state index in [1.54, 1.807) is 37.3 Å². The summed E-state index contributed by atoms with van der Waals surface area (Å²) in [5, 5.41) is 19.2. The molecule has 0 fully saturated rings.